The lowest BCUT2D eigenvalue weighted by Crippen LogP contribution is -2.44. The molecule has 0 heterocycles. The molecule has 0 spiro atoms. The van der Waals surface area contributed by atoms with Gasteiger partial charge in [-0.2, -0.15) is 4.72 Å². The lowest BCUT2D eigenvalue weighted by Gasteiger charge is -2.20. The number of nitrogens with one attached hydrogen (secondary N) is 1. The Morgan fingerprint density at radius 3 is 2.25 bits per heavy atom. The average molecular weight is 359 g/mol. The molecular formula is C16H25NO6S. The van der Waals surface area contributed by atoms with E-state index in [0.717, 1.165) is 0 Å². The maximum atomic E-state index is 12.5. The summed E-state index contributed by atoms with van der Waals surface area (Å²) >= 11 is 0. The Labute approximate surface area is 143 Å². The van der Waals surface area contributed by atoms with Gasteiger partial charge >= 0.3 is 5.97 Å². The quantitative estimate of drug-likeness (QED) is 0.664. The van der Waals surface area contributed by atoms with E-state index in [-0.39, 0.29) is 10.8 Å². The first-order valence-electron chi connectivity index (χ1n) is 7.91. The van der Waals surface area contributed by atoms with Gasteiger partial charge in [0.1, 0.15) is 6.04 Å². The fraction of sp³-hybridized carbons (Fsp3) is 0.562. The van der Waals surface area contributed by atoms with Crippen LogP contribution in [-0.4, -0.2) is 38.7 Å². The Bertz CT molecular complexity index is 659. The second-order valence-electron chi connectivity index (χ2n) is 5.30. The summed E-state index contributed by atoms with van der Waals surface area (Å²) in [7, 11) is -4.00. The number of carboxylic acids is 1. The highest BCUT2D eigenvalue weighted by Gasteiger charge is 2.29. The zero-order valence-electron chi connectivity index (χ0n) is 14.4. The molecular weight excluding hydrogens is 334 g/mol. The number of rotatable bonds is 10. The first-order valence-corrected chi connectivity index (χ1v) is 9.39. The summed E-state index contributed by atoms with van der Waals surface area (Å²) in [5, 5.41) is 9.27. The molecule has 7 nitrogen and oxygen atoms in total. The first kappa shape index (κ1) is 20.2. The van der Waals surface area contributed by atoms with Gasteiger partial charge in [-0.1, -0.05) is 20.3 Å². The molecule has 1 aromatic carbocycles. The Hall–Kier alpha value is -1.80. The van der Waals surface area contributed by atoms with Crippen LogP contribution in [0.25, 0.3) is 0 Å². The fourth-order valence-electron chi connectivity index (χ4n) is 2.08. The van der Waals surface area contributed by atoms with Gasteiger partial charge < -0.3 is 14.6 Å². The minimum Gasteiger partial charge on any atom is -0.490 e. The third-order valence-corrected chi connectivity index (χ3v) is 5.03. The molecule has 0 unspecified atom stereocenters. The molecule has 1 rings (SSSR count). The van der Waals surface area contributed by atoms with E-state index in [4.69, 9.17) is 9.47 Å². The van der Waals surface area contributed by atoms with Crippen molar-refractivity contribution in [3.05, 3.63) is 18.2 Å². The first-order chi connectivity index (χ1) is 11.3. The van der Waals surface area contributed by atoms with E-state index in [2.05, 4.69) is 4.72 Å². The molecule has 0 bridgehead atoms. The Morgan fingerprint density at radius 1 is 1.17 bits per heavy atom. The minimum atomic E-state index is -4.00. The van der Waals surface area contributed by atoms with Gasteiger partial charge in [-0.05, 0) is 31.9 Å². The summed E-state index contributed by atoms with van der Waals surface area (Å²) in [6, 6.07) is 3.02. The van der Waals surface area contributed by atoms with Crippen LogP contribution >= 0.6 is 0 Å². The SMILES string of the molecule is CCOc1ccc(S(=O)(=O)N[C@H](C(=O)O)[C@@H](C)CC)cc1OCC. The Morgan fingerprint density at radius 2 is 1.75 bits per heavy atom. The zero-order chi connectivity index (χ0) is 18.3. The van der Waals surface area contributed by atoms with E-state index in [1.54, 1.807) is 20.8 Å². The number of carboxylic acid groups (broad SMARTS) is 1. The van der Waals surface area contributed by atoms with E-state index in [1.807, 2.05) is 6.92 Å². The highest BCUT2D eigenvalue weighted by Crippen LogP contribution is 2.30. The molecule has 2 atom stereocenters. The smallest absolute Gasteiger partial charge is 0.322 e. The Balaban J connectivity index is 3.17. The third kappa shape index (κ3) is 5.10. The lowest BCUT2D eigenvalue weighted by atomic mass is 10.0. The predicted octanol–water partition coefficient (Wildman–Crippen LogP) is 2.26. The van der Waals surface area contributed by atoms with Crippen molar-refractivity contribution in [1.29, 1.82) is 0 Å². The highest BCUT2D eigenvalue weighted by atomic mass is 32.2. The summed E-state index contributed by atoms with van der Waals surface area (Å²) in [4.78, 5) is 11.3. The number of ether oxygens (including phenoxy) is 2. The molecule has 136 valence electrons. The van der Waals surface area contributed by atoms with Crippen molar-refractivity contribution in [1.82, 2.24) is 4.72 Å². The van der Waals surface area contributed by atoms with Crippen molar-refractivity contribution in [2.45, 2.75) is 45.1 Å². The molecule has 2 N–H and O–H groups in total. The Kier molecular flexibility index (Phi) is 7.50. The van der Waals surface area contributed by atoms with Gasteiger partial charge in [0, 0.05) is 6.07 Å². The number of benzene rings is 1. The highest BCUT2D eigenvalue weighted by molar-refractivity contribution is 7.89. The molecule has 0 saturated carbocycles. The molecule has 0 fully saturated rings. The maximum absolute atomic E-state index is 12.5. The molecule has 24 heavy (non-hydrogen) atoms. The van der Waals surface area contributed by atoms with Crippen molar-refractivity contribution in [3.63, 3.8) is 0 Å². The van der Waals surface area contributed by atoms with Crippen LogP contribution in [0.5, 0.6) is 11.5 Å². The van der Waals surface area contributed by atoms with Crippen molar-refractivity contribution in [3.8, 4) is 11.5 Å². The molecule has 0 radical (unpaired) electrons. The molecule has 0 aromatic heterocycles. The summed E-state index contributed by atoms with van der Waals surface area (Å²) in [5.41, 5.74) is 0. The zero-order valence-corrected chi connectivity index (χ0v) is 15.2. The monoisotopic (exact) mass is 359 g/mol. The summed E-state index contributed by atoms with van der Waals surface area (Å²) in [5.74, 6) is -0.803. The minimum absolute atomic E-state index is 0.0658. The topological polar surface area (TPSA) is 102 Å². The van der Waals surface area contributed by atoms with E-state index in [0.29, 0.717) is 31.1 Å². The van der Waals surface area contributed by atoms with Crippen molar-refractivity contribution in [2.75, 3.05) is 13.2 Å². The second-order valence-corrected chi connectivity index (χ2v) is 7.01. The van der Waals surface area contributed by atoms with Crippen molar-refractivity contribution in [2.24, 2.45) is 5.92 Å². The van der Waals surface area contributed by atoms with Crippen molar-refractivity contribution >= 4 is 16.0 Å². The number of sulfonamides is 1. The van der Waals surface area contributed by atoms with Gasteiger partial charge in [-0.3, -0.25) is 4.79 Å². The standard InChI is InChI=1S/C16H25NO6S/c1-5-11(4)15(16(18)19)17-24(20,21)12-8-9-13(22-6-2)14(10-12)23-7-3/h8-11,15,17H,5-7H2,1-4H3,(H,18,19)/t11-,15-/m0/s1. The number of aliphatic carboxylic acids is 1. The number of hydrogen-bond acceptors (Lipinski definition) is 5. The molecule has 0 saturated heterocycles. The van der Waals surface area contributed by atoms with Crippen LogP contribution in [0.2, 0.25) is 0 Å². The average Bonchev–Trinajstić information content (AvgIpc) is 2.53. The van der Waals surface area contributed by atoms with Crippen LogP contribution in [0.1, 0.15) is 34.1 Å². The van der Waals surface area contributed by atoms with E-state index >= 15 is 0 Å². The molecule has 0 aliphatic rings. The van der Waals surface area contributed by atoms with E-state index in [9.17, 15) is 18.3 Å². The molecule has 8 heteroatoms. The van der Waals surface area contributed by atoms with Crippen LogP contribution in [0.3, 0.4) is 0 Å². The van der Waals surface area contributed by atoms with Crippen LogP contribution in [-0.2, 0) is 14.8 Å². The second kappa shape index (κ2) is 8.89. The summed E-state index contributed by atoms with van der Waals surface area (Å²) in [6.45, 7) is 7.84. The summed E-state index contributed by atoms with van der Waals surface area (Å²) < 4.78 is 38.1. The van der Waals surface area contributed by atoms with Gasteiger partial charge in [0.15, 0.2) is 11.5 Å². The largest absolute Gasteiger partial charge is 0.490 e. The maximum Gasteiger partial charge on any atom is 0.322 e. The van der Waals surface area contributed by atoms with Crippen LogP contribution in [0.15, 0.2) is 23.1 Å². The molecule has 0 aliphatic heterocycles. The van der Waals surface area contributed by atoms with Gasteiger partial charge in [0.2, 0.25) is 10.0 Å². The molecule has 0 aliphatic carbocycles. The van der Waals surface area contributed by atoms with Crippen molar-refractivity contribution < 1.29 is 27.8 Å². The van der Waals surface area contributed by atoms with Gasteiger partial charge in [-0.25, -0.2) is 8.42 Å². The number of carbonyl (C=O) groups is 1. The number of hydrogen-bond donors (Lipinski definition) is 2. The van der Waals surface area contributed by atoms with Crippen LogP contribution in [0, 0.1) is 5.92 Å². The van der Waals surface area contributed by atoms with Gasteiger partial charge in [0.25, 0.3) is 0 Å². The van der Waals surface area contributed by atoms with Gasteiger partial charge in [-0.15, -0.1) is 0 Å². The molecule has 0 amide bonds. The molecule has 1 aromatic rings. The summed E-state index contributed by atoms with van der Waals surface area (Å²) in [6.07, 6.45) is 0.535. The fourth-order valence-corrected chi connectivity index (χ4v) is 3.39. The van der Waals surface area contributed by atoms with Crippen LogP contribution < -0.4 is 14.2 Å². The van der Waals surface area contributed by atoms with Gasteiger partial charge in [0.05, 0.1) is 18.1 Å². The normalized spacial score (nSPS) is 14.0. The van der Waals surface area contributed by atoms with Crippen LogP contribution in [0.4, 0.5) is 0 Å². The van der Waals surface area contributed by atoms with E-state index < -0.39 is 22.0 Å². The predicted molar refractivity (Wildman–Crippen MR) is 90.0 cm³/mol. The third-order valence-electron chi connectivity index (χ3n) is 3.59. The van der Waals surface area contributed by atoms with E-state index in [1.165, 1.54) is 18.2 Å². The lowest BCUT2D eigenvalue weighted by molar-refractivity contribution is -0.140.